The fourth-order valence-corrected chi connectivity index (χ4v) is 2.54. The molecule has 0 spiro atoms. The SMILES string of the molecule is Cc1cc(C)c(C(=O)O)cc1NC(=O)c1n[nH]c2ccccc12. The molecule has 2 aromatic carbocycles. The number of aromatic amines is 1. The number of rotatable bonds is 3. The molecule has 1 heterocycles. The molecule has 0 bridgehead atoms. The van der Waals surface area contributed by atoms with Gasteiger partial charge in [0.1, 0.15) is 0 Å². The summed E-state index contributed by atoms with van der Waals surface area (Å²) in [4.78, 5) is 23.7. The fourth-order valence-electron chi connectivity index (χ4n) is 2.54. The second-order valence-corrected chi connectivity index (χ2v) is 5.36. The maximum absolute atomic E-state index is 12.5. The highest BCUT2D eigenvalue weighted by Gasteiger charge is 2.17. The molecular weight excluding hydrogens is 294 g/mol. The van der Waals surface area contributed by atoms with Gasteiger partial charge in [0.2, 0.25) is 0 Å². The largest absolute Gasteiger partial charge is 0.478 e. The second-order valence-electron chi connectivity index (χ2n) is 5.36. The summed E-state index contributed by atoms with van der Waals surface area (Å²) >= 11 is 0. The van der Waals surface area contributed by atoms with Gasteiger partial charge >= 0.3 is 5.97 Å². The van der Waals surface area contributed by atoms with E-state index in [4.69, 9.17) is 0 Å². The number of aromatic nitrogens is 2. The van der Waals surface area contributed by atoms with Crippen LogP contribution < -0.4 is 5.32 Å². The number of anilines is 1. The van der Waals surface area contributed by atoms with Gasteiger partial charge in [0.15, 0.2) is 5.69 Å². The summed E-state index contributed by atoms with van der Waals surface area (Å²) in [5.74, 6) is -1.41. The molecule has 0 radical (unpaired) electrons. The molecule has 3 rings (SSSR count). The lowest BCUT2D eigenvalue weighted by Crippen LogP contribution is -2.14. The van der Waals surface area contributed by atoms with Gasteiger partial charge in [0, 0.05) is 11.1 Å². The van der Waals surface area contributed by atoms with Crippen molar-refractivity contribution in [1.82, 2.24) is 10.2 Å². The molecule has 6 nitrogen and oxygen atoms in total. The standard InChI is InChI=1S/C17H15N3O3/c1-9-7-10(2)14(8-12(9)17(22)23)18-16(21)15-11-5-3-4-6-13(11)19-20-15/h3-8H,1-2H3,(H,18,21)(H,19,20)(H,22,23). The molecule has 116 valence electrons. The minimum Gasteiger partial charge on any atom is -0.478 e. The highest BCUT2D eigenvalue weighted by atomic mass is 16.4. The molecule has 0 saturated heterocycles. The number of amides is 1. The number of carboxylic acid groups (broad SMARTS) is 1. The average molecular weight is 309 g/mol. The number of carbonyl (C=O) groups excluding carboxylic acids is 1. The van der Waals surface area contributed by atoms with Crippen LogP contribution in [0.15, 0.2) is 36.4 Å². The third-order valence-corrected chi connectivity index (χ3v) is 3.74. The predicted molar refractivity (Wildman–Crippen MR) is 86.9 cm³/mol. The molecule has 1 amide bonds. The molecule has 3 N–H and O–H groups in total. The molecule has 6 heteroatoms. The number of hydrogen-bond acceptors (Lipinski definition) is 3. The summed E-state index contributed by atoms with van der Waals surface area (Å²) in [7, 11) is 0. The summed E-state index contributed by atoms with van der Waals surface area (Å²) in [6.45, 7) is 3.54. The third kappa shape index (κ3) is 2.66. The smallest absolute Gasteiger partial charge is 0.336 e. The summed E-state index contributed by atoms with van der Waals surface area (Å²) in [5.41, 5.74) is 3.11. The third-order valence-electron chi connectivity index (χ3n) is 3.74. The molecule has 0 aliphatic rings. The van der Waals surface area contributed by atoms with Crippen LogP contribution in [0.5, 0.6) is 0 Å². The number of nitrogens with one attached hydrogen (secondary N) is 2. The Hall–Kier alpha value is -3.15. The molecule has 23 heavy (non-hydrogen) atoms. The lowest BCUT2D eigenvalue weighted by atomic mass is 10.0. The highest BCUT2D eigenvalue weighted by molar-refractivity contribution is 6.11. The van der Waals surface area contributed by atoms with E-state index in [1.807, 2.05) is 25.1 Å². The van der Waals surface area contributed by atoms with E-state index in [1.54, 1.807) is 19.1 Å². The van der Waals surface area contributed by atoms with Crippen LogP contribution in [0.25, 0.3) is 10.9 Å². The molecule has 3 aromatic rings. The zero-order chi connectivity index (χ0) is 16.6. The number of aryl methyl sites for hydroxylation is 2. The zero-order valence-corrected chi connectivity index (χ0v) is 12.7. The average Bonchev–Trinajstić information content (AvgIpc) is 2.93. The van der Waals surface area contributed by atoms with Crippen molar-refractivity contribution in [2.24, 2.45) is 0 Å². The van der Waals surface area contributed by atoms with Crippen LogP contribution in [-0.4, -0.2) is 27.2 Å². The number of fused-ring (bicyclic) bond motifs is 1. The van der Waals surface area contributed by atoms with Crippen LogP contribution in [0.3, 0.4) is 0 Å². The first-order valence-corrected chi connectivity index (χ1v) is 7.06. The minimum absolute atomic E-state index is 0.165. The van der Waals surface area contributed by atoms with Gasteiger partial charge in [-0.1, -0.05) is 24.3 Å². The molecule has 0 aliphatic heterocycles. The van der Waals surface area contributed by atoms with Gasteiger partial charge in [-0.25, -0.2) is 4.79 Å². The van der Waals surface area contributed by atoms with Crippen LogP contribution in [0, 0.1) is 13.8 Å². The van der Waals surface area contributed by atoms with E-state index in [-0.39, 0.29) is 17.2 Å². The van der Waals surface area contributed by atoms with Crippen molar-refractivity contribution in [3.63, 3.8) is 0 Å². The predicted octanol–water partition coefficient (Wildman–Crippen LogP) is 3.13. The van der Waals surface area contributed by atoms with Crippen LogP contribution in [0.1, 0.15) is 32.0 Å². The van der Waals surface area contributed by atoms with Crippen LogP contribution >= 0.6 is 0 Å². The first-order valence-electron chi connectivity index (χ1n) is 7.06. The molecule has 0 atom stereocenters. The van der Waals surface area contributed by atoms with Crippen molar-refractivity contribution in [3.8, 4) is 0 Å². The number of para-hydroxylation sites is 1. The molecule has 0 saturated carbocycles. The van der Waals surface area contributed by atoms with Gasteiger partial charge in [-0.05, 0) is 37.1 Å². The van der Waals surface area contributed by atoms with Crippen LogP contribution in [-0.2, 0) is 0 Å². The Balaban J connectivity index is 1.97. The monoisotopic (exact) mass is 309 g/mol. The molecule has 0 fully saturated rings. The number of hydrogen-bond donors (Lipinski definition) is 3. The van der Waals surface area contributed by atoms with E-state index in [9.17, 15) is 14.7 Å². The number of aromatic carboxylic acids is 1. The Kier molecular flexibility index (Phi) is 3.57. The van der Waals surface area contributed by atoms with Gasteiger partial charge in [-0.3, -0.25) is 9.89 Å². The number of carbonyl (C=O) groups is 2. The lowest BCUT2D eigenvalue weighted by Gasteiger charge is -2.10. The van der Waals surface area contributed by atoms with E-state index in [0.717, 1.165) is 11.1 Å². The quantitative estimate of drug-likeness (QED) is 0.692. The summed E-state index contributed by atoms with van der Waals surface area (Å²) in [6.07, 6.45) is 0. The minimum atomic E-state index is -1.02. The van der Waals surface area contributed by atoms with Gasteiger partial charge in [-0.15, -0.1) is 0 Å². The van der Waals surface area contributed by atoms with E-state index in [2.05, 4.69) is 15.5 Å². The van der Waals surface area contributed by atoms with E-state index < -0.39 is 5.97 Å². The summed E-state index contributed by atoms with van der Waals surface area (Å²) < 4.78 is 0. The summed E-state index contributed by atoms with van der Waals surface area (Å²) in [5, 5.41) is 19.5. The van der Waals surface area contributed by atoms with Gasteiger partial charge < -0.3 is 10.4 Å². The Bertz CT molecular complexity index is 928. The molecule has 0 aliphatic carbocycles. The highest BCUT2D eigenvalue weighted by Crippen LogP contribution is 2.22. The molecular formula is C17H15N3O3. The Labute approximate surface area is 132 Å². The lowest BCUT2D eigenvalue weighted by molar-refractivity contribution is 0.0695. The number of benzene rings is 2. The Morgan fingerprint density at radius 1 is 1.13 bits per heavy atom. The van der Waals surface area contributed by atoms with Crippen LogP contribution in [0.2, 0.25) is 0 Å². The number of nitrogens with zero attached hydrogens (tertiary/aromatic N) is 1. The normalized spacial score (nSPS) is 10.7. The van der Waals surface area contributed by atoms with E-state index in [1.165, 1.54) is 6.07 Å². The van der Waals surface area contributed by atoms with Crippen LogP contribution in [0.4, 0.5) is 5.69 Å². The van der Waals surface area contributed by atoms with E-state index >= 15 is 0 Å². The maximum Gasteiger partial charge on any atom is 0.336 e. The Morgan fingerprint density at radius 3 is 2.61 bits per heavy atom. The number of carboxylic acids is 1. The van der Waals surface area contributed by atoms with Gasteiger partial charge in [0.25, 0.3) is 5.91 Å². The van der Waals surface area contributed by atoms with Crippen molar-refractivity contribution in [2.45, 2.75) is 13.8 Å². The van der Waals surface area contributed by atoms with Crippen molar-refractivity contribution in [1.29, 1.82) is 0 Å². The second kappa shape index (κ2) is 5.57. The zero-order valence-electron chi connectivity index (χ0n) is 12.7. The topological polar surface area (TPSA) is 95.1 Å². The van der Waals surface area contributed by atoms with Crippen molar-refractivity contribution < 1.29 is 14.7 Å². The number of H-pyrrole nitrogens is 1. The first-order chi connectivity index (χ1) is 11.0. The van der Waals surface area contributed by atoms with Gasteiger partial charge in [-0.2, -0.15) is 5.10 Å². The first kappa shape index (κ1) is 14.8. The Morgan fingerprint density at radius 2 is 1.87 bits per heavy atom. The van der Waals surface area contributed by atoms with Crippen molar-refractivity contribution in [3.05, 3.63) is 58.8 Å². The maximum atomic E-state index is 12.5. The molecule has 0 unspecified atom stereocenters. The van der Waals surface area contributed by atoms with Crippen molar-refractivity contribution >= 4 is 28.5 Å². The molecule has 1 aromatic heterocycles. The van der Waals surface area contributed by atoms with Crippen molar-refractivity contribution in [2.75, 3.05) is 5.32 Å². The van der Waals surface area contributed by atoms with E-state index in [0.29, 0.717) is 16.6 Å². The summed E-state index contributed by atoms with van der Waals surface area (Å²) in [6, 6.07) is 10.5. The fraction of sp³-hybridized carbons (Fsp3) is 0.118. The van der Waals surface area contributed by atoms with Gasteiger partial charge in [0.05, 0.1) is 11.1 Å².